The van der Waals surface area contributed by atoms with E-state index in [2.05, 4.69) is 23.8 Å². The Morgan fingerprint density at radius 1 is 1.21 bits per heavy atom. The molecule has 1 N–H and O–H groups in total. The SMILES string of the molecule is COc1ccc(/C=C(\Cl)c2nc3ccc(Cl)cc3c(=O)[nH]2)cc1OCC(C)C. The van der Waals surface area contributed by atoms with Gasteiger partial charge in [0.1, 0.15) is 0 Å². The third-order valence-electron chi connectivity index (χ3n) is 3.95. The lowest BCUT2D eigenvalue weighted by molar-refractivity contribution is 0.257. The van der Waals surface area contributed by atoms with Crippen LogP contribution in [0, 0.1) is 5.92 Å². The molecule has 0 fully saturated rings. The lowest BCUT2D eigenvalue weighted by Crippen LogP contribution is -2.10. The molecule has 0 bridgehead atoms. The Morgan fingerprint density at radius 2 is 2.00 bits per heavy atom. The summed E-state index contributed by atoms with van der Waals surface area (Å²) in [7, 11) is 1.59. The fraction of sp³-hybridized carbons (Fsp3) is 0.238. The molecule has 0 aliphatic heterocycles. The van der Waals surface area contributed by atoms with Gasteiger partial charge in [-0.1, -0.05) is 43.1 Å². The monoisotopic (exact) mass is 418 g/mol. The summed E-state index contributed by atoms with van der Waals surface area (Å²) < 4.78 is 11.2. The second-order valence-corrected chi connectivity index (χ2v) is 7.53. The van der Waals surface area contributed by atoms with Crippen LogP contribution in [-0.2, 0) is 0 Å². The summed E-state index contributed by atoms with van der Waals surface area (Å²) in [5.41, 5.74) is 1.01. The average Bonchev–Trinajstić information content (AvgIpc) is 2.66. The largest absolute Gasteiger partial charge is 0.493 e. The number of aromatic amines is 1. The van der Waals surface area contributed by atoms with Crippen LogP contribution < -0.4 is 15.0 Å². The van der Waals surface area contributed by atoms with Gasteiger partial charge >= 0.3 is 0 Å². The van der Waals surface area contributed by atoms with Crippen LogP contribution in [0.15, 0.2) is 41.2 Å². The Morgan fingerprint density at radius 3 is 2.71 bits per heavy atom. The first-order chi connectivity index (χ1) is 13.4. The van der Waals surface area contributed by atoms with E-state index in [1.807, 2.05) is 18.2 Å². The number of benzene rings is 2. The van der Waals surface area contributed by atoms with Crippen molar-refractivity contribution >= 4 is 45.2 Å². The minimum atomic E-state index is -0.301. The number of H-pyrrole nitrogens is 1. The van der Waals surface area contributed by atoms with Gasteiger partial charge in [0, 0.05) is 5.02 Å². The van der Waals surface area contributed by atoms with E-state index < -0.39 is 0 Å². The second-order valence-electron chi connectivity index (χ2n) is 6.68. The molecule has 28 heavy (non-hydrogen) atoms. The van der Waals surface area contributed by atoms with E-state index in [0.29, 0.717) is 45.0 Å². The molecule has 7 heteroatoms. The number of nitrogens with zero attached hydrogens (tertiary/aromatic N) is 1. The summed E-state index contributed by atoms with van der Waals surface area (Å²) in [6, 6.07) is 10.4. The van der Waals surface area contributed by atoms with Crippen LogP contribution in [0.2, 0.25) is 5.02 Å². The predicted octanol–water partition coefficient (Wildman–Crippen LogP) is 5.36. The van der Waals surface area contributed by atoms with Crippen LogP contribution in [0.25, 0.3) is 22.0 Å². The Kier molecular flexibility index (Phi) is 6.27. The van der Waals surface area contributed by atoms with Gasteiger partial charge in [0.25, 0.3) is 5.56 Å². The van der Waals surface area contributed by atoms with E-state index in [4.69, 9.17) is 32.7 Å². The first-order valence-electron chi connectivity index (χ1n) is 8.75. The Labute approximate surface area is 172 Å². The summed E-state index contributed by atoms with van der Waals surface area (Å²) in [5, 5.41) is 1.19. The van der Waals surface area contributed by atoms with Crippen molar-refractivity contribution in [2.24, 2.45) is 5.92 Å². The second kappa shape index (κ2) is 8.67. The number of methoxy groups -OCH3 is 1. The van der Waals surface area contributed by atoms with Gasteiger partial charge in [0.15, 0.2) is 17.3 Å². The van der Waals surface area contributed by atoms with Crippen molar-refractivity contribution in [3.8, 4) is 11.5 Å². The van der Waals surface area contributed by atoms with E-state index in [-0.39, 0.29) is 11.4 Å². The van der Waals surface area contributed by atoms with Crippen LogP contribution in [0.4, 0.5) is 0 Å². The molecule has 146 valence electrons. The standard InChI is InChI=1S/C21H20Cl2N2O3/c1-12(2)11-28-19-9-13(4-7-18(19)27-3)8-16(23)20-24-17-6-5-14(22)10-15(17)21(26)25-20/h4-10,12H,11H2,1-3H3,(H,24,25,26)/b16-8-. The normalized spacial score (nSPS) is 11.9. The molecule has 3 aromatic rings. The van der Waals surface area contributed by atoms with Gasteiger partial charge in [-0.25, -0.2) is 4.98 Å². The molecule has 2 aromatic carbocycles. The number of fused-ring (bicyclic) bond motifs is 1. The number of halogens is 2. The highest BCUT2D eigenvalue weighted by Crippen LogP contribution is 2.30. The van der Waals surface area contributed by atoms with Crippen molar-refractivity contribution in [2.75, 3.05) is 13.7 Å². The molecule has 0 saturated carbocycles. The molecule has 3 rings (SSSR count). The van der Waals surface area contributed by atoms with Gasteiger partial charge in [-0.3, -0.25) is 4.79 Å². The zero-order valence-corrected chi connectivity index (χ0v) is 17.3. The van der Waals surface area contributed by atoms with E-state index in [9.17, 15) is 4.79 Å². The molecule has 0 aliphatic carbocycles. The average molecular weight is 419 g/mol. The third kappa shape index (κ3) is 4.66. The molecule has 0 saturated heterocycles. The van der Waals surface area contributed by atoms with Gasteiger partial charge in [-0.2, -0.15) is 0 Å². The van der Waals surface area contributed by atoms with Crippen molar-refractivity contribution in [1.29, 1.82) is 0 Å². The van der Waals surface area contributed by atoms with Crippen molar-refractivity contribution in [3.63, 3.8) is 0 Å². The minimum absolute atomic E-state index is 0.280. The molecule has 0 amide bonds. The molecule has 1 heterocycles. The topological polar surface area (TPSA) is 64.2 Å². The summed E-state index contributed by atoms with van der Waals surface area (Å²) in [6.07, 6.45) is 1.71. The first-order valence-corrected chi connectivity index (χ1v) is 9.51. The van der Waals surface area contributed by atoms with Crippen LogP contribution in [-0.4, -0.2) is 23.7 Å². The summed E-state index contributed by atoms with van der Waals surface area (Å²) in [4.78, 5) is 19.4. The fourth-order valence-electron chi connectivity index (χ4n) is 2.59. The number of ether oxygens (including phenoxy) is 2. The molecule has 0 atom stereocenters. The van der Waals surface area contributed by atoms with Crippen molar-refractivity contribution in [3.05, 3.63) is 63.2 Å². The highest BCUT2D eigenvalue weighted by molar-refractivity contribution is 6.50. The summed E-state index contributed by atoms with van der Waals surface area (Å²) in [6.45, 7) is 4.71. The van der Waals surface area contributed by atoms with Crippen LogP contribution >= 0.6 is 23.2 Å². The Bertz CT molecular complexity index is 1090. The van der Waals surface area contributed by atoms with Gasteiger partial charge in [0.05, 0.1) is 29.7 Å². The number of nitrogens with one attached hydrogen (secondary N) is 1. The zero-order chi connectivity index (χ0) is 20.3. The zero-order valence-electron chi connectivity index (χ0n) is 15.8. The van der Waals surface area contributed by atoms with Gasteiger partial charge < -0.3 is 14.5 Å². The van der Waals surface area contributed by atoms with Crippen LogP contribution in [0.3, 0.4) is 0 Å². The van der Waals surface area contributed by atoms with Gasteiger partial charge in [-0.15, -0.1) is 0 Å². The quantitative estimate of drug-likeness (QED) is 0.585. The maximum Gasteiger partial charge on any atom is 0.259 e. The Hall–Kier alpha value is -2.50. The molecule has 0 unspecified atom stereocenters. The van der Waals surface area contributed by atoms with Crippen LogP contribution in [0.1, 0.15) is 25.2 Å². The third-order valence-corrected chi connectivity index (χ3v) is 4.47. The van der Waals surface area contributed by atoms with E-state index in [0.717, 1.165) is 5.56 Å². The molecule has 0 radical (unpaired) electrons. The highest BCUT2D eigenvalue weighted by Gasteiger charge is 2.10. The maximum absolute atomic E-state index is 12.3. The summed E-state index contributed by atoms with van der Waals surface area (Å²) >= 11 is 12.4. The number of hydrogen-bond acceptors (Lipinski definition) is 4. The smallest absolute Gasteiger partial charge is 0.259 e. The molecule has 0 aliphatic rings. The number of aromatic nitrogens is 2. The lowest BCUT2D eigenvalue weighted by atomic mass is 10.1. The Balaban J connectivity index is 1.97. The van der Waals surface area contributed by atoms with E-state index in [1.54, 1.807) is 31.4 Å². The van der Waals surface area contributed by atoms with Crippen LogP contribution in [0.5, 0.6) is 11.5 Å². The lowest BCUT2D eigenvalue weighted by Gasteiger charge is -2.13. The van der Waals surface area contributed by atoms with E-state index in [1.165, 1.54) is 0 Å². The maximum atomic E-state index is 12.3. The molecule has 1 aromatic heterocycles. The predicted molar refractivity (Wildman–Crippen MR) is 114 cm³/mol. The first kappa shape index (κ1) is 20.2. The molecule has 5 nitrogen and oxygen atoms in total. The van der Waals surface area contributed by atoms with Crippen molar-refractivity contribution < 1.29 is 9.47 Å². The van der Waals surface area contributed by atoms with E-state index >= 15 is 0 Å². The molecule has 0 spiro atoms. The van der Waals surface area contributed by atoms with Gasteiger partial charge in [-0.05, 0) is 47.9 Å². The number of hydrogen-bond donors (Lipinski definition) is 1. The number of rotatable bonds is 6. The van der Waals surface area contributed by atoms with Crippen molar-refractivity contribution in [2.45, 2.75) is 13.8 Å². The minimum Gasteiger partial charge on any atom is -0.493 e. The van der Waals surface area contributed by atoms with Crippen molar-refractivity contribution in [1.82, 2.24) is 9.97 Å². The van der Waals surface area contributed by atoms with Gasteiger partial charge in [0.2, 0.25) is 0 Å². The molecular weight excluding hydrogens is 399 g/mol. The summed E-state index contributed by atoms with van der Waals surface area (Å²) in [5.74, 6) is 1.93. The fourth-order valence-corrected chi connectivity index (χ4v) is 2.98. The highest BCUT2D eigenvalue weighted by atomic mass is 35.5. The molecular formula is C21H20Cl2N2O3.